The van der Waals surface area contributed by atoms with Gasteiger partial charge in [-0.15, -0.1) is 10.2 Å². The van der Waals surface area contributed by atoms with Gasteiger partial charge in [-0.25, -0.2) is 18.7 Å². The van der Waals surface area contributed by atoms with Crippen molar-refractivity contribution in [3.8, 4) is 34.1 Å². The maximum absolute atomic E-state index is 15.5. The van der Waals surface area contributed by atoms with E-state index in [0.717, 1.165) is 44.7 Å². The molecule has 10 heteroatoms. The molecule has 4 heterocycles. The molecule has 6 rings (SSSR count). The molecule has 2 bridgehead atoms. The van der Waals surface area contributed by atoms with E-state index in [1.807, 2.05) is 0 Å². The van der Waals surface area contributed by atoms with E-state index in [1.165, 1.54) is 19.2 Å². The number of ether oxygens (including phenoxy) is 1. The number of hydrogen-bond donors (Lipinski definition) is 2. The molecule has 1 saturated carbocycles. The number of alkyl halides is 1. The monoisotopic (exact) mass is 494 g/mol. The fraction of sp³-hybridized carbons (Fsp3) is 0.462. The van der Waals surface area contributed by atoms with E-state index in [4.69, 9.17) is 4.74 Å². The van der Waals surface area contributed by atoms with E-state index in [9.17, 15) is 9.50 Å². The summed E-state index contributed by atoms with van der Waals surface area (Å²) in [6.45, 7) is 0. The van der Waals surface area contributed by atoms with Crippen molar-refractivity contribution in [3.05, 3.63) is 42.5 Å². The van der Waals surface area contributed by atoms with Crippen LogP contribution in [-0.4, -0.2) is 62.7 Å². The topological polar surface area (TPSA) is 96.3 Å². The number of nitrogens with zero attached hydrogens (tertiary/aromatic N) is 5. The summed E-state index contributed by atoms with van der Waals surface area (Å²) in [4.78, 5) is 10.4. The summed E-state index contributed by atoms with van der Waals surface area (Å²) in [5, 5.41) is 22.8. The Labute approximate surface area is 207 Å². The molecule has 0 spiro atoms. The first kappa shape index (κ1) is 23.0. The zero-order valence-corrected chi connectivity index (χ0v) is 19.9. The number of methoxy groups -OCH3 is 1. The van der Waals surface area contributed by atoms with E-state index in [0.29, 0.717) is 23.0 Å². The van der Waals surface area contributed by atoms with Gasteiger partial charge in [0.1, 0.15) is 17.7 Å². The highest BCUT2D eigenvalue weighted by Gasteiger charge is 2.46. The van der Waals surface area contributed by atoms with Crippen LogP contribution in [0.5, 0.6) is 11.6 Å². The zero-order valence-electron chi connectivity index (χ0n) is 19.9. The highest BCUT2D eigenvalue weighted by Crippen LogP contribution is 2.39. The second-order valence-corrected chi connectivity index (χ2v) is 9.87. The van der Waals surface area contributed by atoms with Gasteiger partial charge in [0.25, 0.3) is 0 Å². The van der Waals surface area contributed by atoms with Crippen molar-refractivity contribution in [1.29, 1.82) is 0 Å². The third kappa shape index (κ3) is 4.23. The highest BCUT2D eigenvalue weighted by atomic mass is 19.1. The number of halogens is 2. The van der Waals surface area contributed by atoms with Gasteiger partial charge < -0.3 is 20.1 Å². The first-order chi connectivity index (χ1) is 17.5. The SMILES string of the molecule is COc1cc(-c2ccc(-c3ncc(N(C4CC4)[C@H]4C[C@@H]5CCC[C@@H](N5)[C@H]4F)nn3)c(O)c2)c(F)cn1. The van der Waals surface area contributed by atoms with Crippen molar-refractivity contribution in [2.45, 2.75) is 68.9 Å². The molecule has 2 aromatic heterocycles. The largest absolute Gasteiger partial charge is 0.507 e. The Morgan fingerprint density at radius 1 is 1.06 bits per heavy atom. The van der Waals surface area contributed by atoms with Crippen LogP contribution in [-0.2, 0) is 0 Å². The number of phenols is 1. The van der Waals surface area contributed by atoms with Crippen molar-refractivity contribution in [2.24, 2.45) is 0 Å². The molecule has 2 aliphatic heterocycles. The molecule has 188 valence electrons. The minimum Gasteiger partial charge on any atom is -0.507 e. The first-order valence-corrected chi connectivity index (χ1v) is 12.4. The van der Waals surface area contributed by atoms with E-state index >= 15 is 4.39 Å². The molecular weight excluding hydrogens is 466 g/mol. The summed E-state index contributed by atoms with van der Waals surface area (Å²) in [6, 6.07) is 6.45. The summed E-state index contributed by atoms with van der Waals surface area (Å²) in [5.74, 6) is 0.442. The van der Waals surface area contributed by atoms with Crippen molar-refractivity contribution < 1.29 is 18.6 Å². The predicted octanol–water partition coefficient (Wildman–Crippen LogP) is 4.04. The first-order valence-electron chi connectivity index (χ1n) is 12.4. The van der Waals surface area contributed by atoms with Gasteiger partial charge in [0.15, 0.2) is 11.6 Å². The second kappa shape index (κ2) is 9.24. The number of aromatic hydroxyl groups is 1. The van der Waals surface area contributed by atoms with Crippen LogP contribution in [0, 0.1) is 5.82 Å². The molecular formula is C26H28F2N6O2. The molecule has 36 heavy (non-hydrogen) atoms. The van der Waals surface area contributed by atoms with Crippen LogP contribution in [0.4, 0.5) is 14.6 Å². The lowest BCUT2D eigenvalue weighted by atomic mass is 9.82. The fourth-order valence-corrected chi connectivity index (χ4v) is 5.58. The van der Waals surface area contributed by atoms with Crippen LogP contribution in [0.2, 0.25) is 0 Å². The van der Waals surface area contributed by atoms with Crippen LogP contribution in [0.25, 0.3) is 22.5 Å². The Morgan fingerprint density at radius 2 is 1.92 bits per heavy atom. The quantitative estimate of drug-likeness (QED) is 0.530. The van der Waals surface area contributed by atoms with Gasteiger partial charge in [0.05, 0.1) is 31.1 Å². The third-order valence-electron chi connectivity index (χ3n) is 7.50. The Hall–Kier alpha value is -3.40. The Balaban J connectivity index is 1.26. The number of piperidine rings is 2. The summed E-state index contributed by atoms with van der Waals surface area (Å²) >= 11 is 0. The number of phenolic OH excluding ortho intramolecular Hbond substituents is 1. The number of fused-ring (bicyclic) bond motifs is 2. The molecule has 0 amide bonds. The van der Waals surface area contributed by atoms with Gasteiger partial charge in [-0.05, 0) is 49.8 Å². The lowest BCUT2D eigenvalue weighted by Gasteiger charge is -2.47. The highest BCUT2D eigenvalue weighted by molar-refractivity contribution is 5.73. The molecule has 0 unspecified atom stereocenters. The summed E-state index contributed by atoms with van der Waals surface area (Å²) in [7, 11) is 1.45. The summed E-state index contributed by atoms with van der Waals surface area (Å²) in [5.41, 5.74) is 1.09. The van der Waals surface area contributed by atoms with E-state index in [1.54, 1.807) is 18.3 Å². The van der Waals surface area contributed by atoms with Gasteiger partial charge in [-0.3, -0.25) is 0 Å². The van der Waals surface area contributed by atoms with Gasteiger partial charge >= 0.3 is 0 Å². The number of aromatic nitrogens is 4. The molecule has 2 N–H and O–H groups in total. The predicted molar refractivity (Wildman–Crippen MR) is 130 cm³/mol. The molecule has 4 atom stereocenters. The van der Waals surface area contributed by atoms with Gasteiger partial charge in [0, 0.05) is 29.8 Å². The average Bonchev–Trinajstić information content (AvgIpc) is 3.73. The second-order valence-electron chi connectivity index (χ2n) is 9.87. The van der Waals surface area contributed by atoms with Crippen molar-refractivity contribution in [2.75, 3.05) is 12.0 Å². The molecule has 8 nitrogen and oxygen atoms in total. The summed E-state index contributed by atoms with van der Waals surface area (Å²) in [6.07, 6.45) is 7.50. The number of pyridine rings is 1. The molecule has 2 saturated heterocycles. The molecule has 3 aromatic rings. The van der Waals surface area contributed by atoms with Crippen molar-refractivity contribution in [3.63, 3.8) is 0 Å². The fourth-order valence-electron chi connectivity index (χ4n) is 5.58. The maximum Gasteiger partial charge on any atom is 0.213 e. The number of hydrogen-bond acceptors (Lipinski definition) is 8. The number of nitrogens with one attached hydrogen (secondary N) is 1. The smallest absolute Gasteiger partial charge is 0.213 e. The summed E-state index contributed by atoms with van der Waals surface area (Å²) < 4.78 is 34.9. The van der Waals surface area contributed by atoms with Crippen LogP contribution in [0.1, 0.15) is 38.5 Å². The molecule has 3 fully saturated rings. The number of anilines is 1. The molecule has 1 aromatic carbocycles. The molecule has 0 radical (unpaired) electrons. The Bertz CT molecular complexity index is 1260. The normalized spacial score (nSPS) is 25.4. The van der Waals surface area contributed by atoms with Gasteiger partial charge in [0.2, 0.25) is 5.88 Å². The van der Waals surface area contributed by atoms with Gasteiger partial charge in [-0.1, -0.05) is 12.5 Å². The van der Waals surface area contributed by atoms with E-state index in [-0.39, 0.29) is 41.1 Å². The van der Waals surface area contributed by atoms with E-state index < -0.39 is 12.0 Å². The van der Waals surface area contributed by atoms with Crippen LogP contribution in [0.3, 0.4) is 0 Å². The Kier molecular flexibility index (Phi) is 5.91. The van der Waals surface area contributed by atoms with E-state index in [2.05, 4.69) is 30.4 Å². The maximum atomic E-state index is 15.5. The lowest BCUT2D eigenvalue weighted by Crippen LogP contribution is -2.62. The van der Waals surface area contributed by atoms with Crippen LogP contribution < -0.4 is 15.0 Å². The van der Waals surface area contributed by atoms with Gasteiger partial charge in [-0.2, -0.15) is 0 Å². The minimum atomic E-state index is -0.965. The van der Waals surface area contributed by atoms with Crippen LogP contribution in [0.15, 0.2) is 36.7 Å². The lowest BCUT2D eigenvalue weighted by molar-refractivity contribution is 0.104. The van der Waals surface area contributed by atoms with Crippen LogP contribution >= 0.6 is 0 Å². The third-order valence-corrected chi connectivity index (χ3v) is 7.50. The van der Waals surface area contributed by atoms with Crippen molar-refractivity contribution >= 4 is 5.82 Å². The van der Waals surface area contributed by atoms with Crippen molar-refractivity contribution in [1.82, 2.24) is 25.5 Å². The Morgan fingerprint density at radius 3 is 2.64 bits per heavy atom. The standard InChI is InChI=1S/C26H28F2N6O2/c1-36-24-11-18(19(27)12-29-24)14-5-8-17(22(35)9-14)26-30-13-23(32-33-26)34(16-6-7-16)21-10-15-3-2-4-20(31-15)25(21)28/h5,8-9,11-13,15-16,20-21,25,31,35H,2-4,6-7,10H2,1H3/t15-,20+,21-,25+/m0/s1. The zero-order chi connectivity index (χ0) is 24.8. The molecule has 3 aliphatic rings. The number of benzene rings is 1. The number of rotatable bonds is 6. The molecule has 1 aliphatic carbocycles. The minimum absolute atomic E-state index is 0.105. The average molecular weight is 495 g/mol.